The van der Waals surface area contributed by atoms with Gasteiger partial charge in [0.1, 0.15) is 5.82 Å². The summed E-state index contributed by atoms with van der Waals surface area (Å²) in [4.78, 5) is 20.6. The first-order valence-corrected chi connectivity index (χ1v) is 7.77. The normalized spacial score (nSPS) is 10.2. The molecular formula is C17H23N5O. The molecule has 6 nitrogen and oxygen atoms in total. The number of aryl methyl sites for hydroxylation is 2. The molecule has 1 aromatic heterocycles. The first-order chi connectivity index (χ1) is 11.1. The molecule has 0 fully saturated rings. The van der Waals surface area contributed by atoms with Gasteiger partial charge in [-0.2, -0.15) is 4.98 Å². The highest BCUT2D eigenvalue weighted by Gasteiger charge is 2.04. The number of nitrogens with zero attached hydrogens (tertiary/aromatic N) is 2. The summed E-state index contributed by atoms with van der Waals surface area (Å²) in [5.74, 6) is 1.29. The van der Waals surface area contributed by atoms with Crippen LogP contribution < -0.4 is 16.0 Å². The molecule has 0 spiro atoms. The van der Waals surface area contributed by atoms with Crippen molar-refractivity contribution in [3.05, 3.63) is 47.2 Å². The number of carbonyl (C=O) groups is 1. The Bertz CT molecular complexity index is 655. The topological polar surface area (TPSA) is 78.9 Å². The Kier molecular flexibility index (Phi) is 5.91. The Hall–Kier alpha value is -2.63. The van der Waals surface area contributed by atoms with Crippen LogP contribution in [0.2, 0.25) is 0 Å². The number of benzene rings is 1. The van der Waals surface area contributed by atoms with E-state index >= 15 is 0 Å². The van der Waals surface area contributed by atoms with Crippen LogP contribution in [0.4, 0.5) is 11.8 Å². The van der Waals surface area contributed by atoms with Crippen LogP contribution >= 0.6 is 0 Å². The molecule has 122 valence electrons. The molecule has 0 atom stereocenters. The number of aromatic nitrogens is 2. The minimum Gasteiger partial charge on any atom is -0.368 e. The van der Waals surface area contributed by atoms with Gasteiger partial charge in [0.2, 0.25) is 5.95 Å². The fourth-order valence-electron chi connectivity index (χ4n) is 2.07. The summed E-state index contributed by atoms with van der Waals surface area (Å²) in [5, 5.41) is 9.17. The van der Waals surface area contributed by atoms with Crippen molar-refractivity contribution in [2.45, 2.75) is 20.8 Å². The quantitative estimate of drug-likeness (QED) is 0.684. The van der Waals surface area contributed by atoms with Crippen molar-refractivity contribution in [2.75, 3.05) is 30.3 Å². The molecule has 0 aliphatic heterocycles. The highest BCUT2D eigenvalue weighted by molar-refractivity contribution is 5.94. The molecule has 6 heteroatoms. The van der Waals surface area contributed by atoms with Gasteiger partial charge in [0.15, 0.2) is 0 Å². The molecule has 23 heavy (non-hydrogen) atoms. The van der Waals surface area contributed by atoms with Gasteiger partial charge in [-0.05, 0) is 32.9 Å². The summed E-state index contributed by atoms with van der Waals surface area (Å²) in [6, 6.07) is 9.39. The third-order valence-corrected chi connectivity index (χ3v) is 3.22. The lowest BCUT2D eigenvalue weighted by Crippen LogP contribution is -2.28. The average Bonchev–Trinajstić information content (AvgIpc) is 2.52. The number of hydrogen-bond donors (Lipinski definition) is 3. The van der Waals surface area contributed by atoms with Gasteiger partial charge in [0, 0.05) is 37.0 Å². The van der Waals surface area contributed by atoms with E-state index in [-0.39, 0.29) is 5.91 Å². The van der Waals surface area contributed by atoms with Gasteiger partial charge in [0.25, 0.3) is 5.91 Å². The maximum atomic E-state index is 12.0. The molecule has 0 aliphatic carbocycles. The van der Waals surface area contributed by atoms with Gasteiger partial charge in [-0.3, -0.25) is 4.79 Å². The van der Waals surface area contributed by atoms with E-state index < -0.39 is 0 Å². The van der Waals surface area contributed by atoms with E-state index in [1.165, 1.54) is 0 Å². The van der Waals surface area contributed by atoms with Crippen LogP contribution in [0.25, 0.3) is 0 Å². The van der Waals surface area contributed by atoms with Gasteiger partial charge < -0.3 is 16.0 Å². The van der Waals surface area contributed by atoms with Crippen molar-refractivity contribution in [2.24, 2.45) is 0 Å². The minimum atomic E-state index is -0.0704. The molecule has 0 radical (unpaired) electrons. The maximum absolute atomic E-state index is 12.0. The van der Waals surface area contributed by atoms with E-state index in [1.54, 1.807) is 0 Å². The van der Waals surface area contributed by atoms with Gasteiger partial charge in [-0.25, -0.2) is 4.98 Å². The minimum absolute atomic E-state index is 0.0704. The highest BCUT2D eigenvalue weighted by atomic mass is 16.1. The lowest BCUT2D eigenvalue weighted by atomic mass is 10.1. The van der Waals surface area contributed by atoms with Gasteiger partial charge >= 0.3 is 0 Å². The van der Waals surface area contributed by atoms with Crippen molar-refractivity contribution in [1.29, 1.82) is 0 Å². The zero-order valence-corrected chi connectivity index (χ0v) is 13.8. The molecule has 0 saturated heterocycles. The van der Waals surface area contributed by atoms with E-state index in [0.29, 0.717) is 24.6 Å². The van der Waals surface area contributed by atoms with Gasteiger partial charge in [0.05, 0.1) is 0 Å². The second-order valence-corrected chi connectivity index (χ2v) is 5.30. The van der Waals surface area contributed by atoms with Crippen LogP contribution in [0.5, 0.6) is 0 Å². The van der Waals surface area contributed by atoms with Crippen molar-refractivity contribution in [3.63, 3.8) is 0 Å². The standard InChI is InChI=1S/C17H23N5O/c1-4-18-17-21-13(3)11-15(22-17)19-9-10-20-16(23)14-7-5-12(2)6-8-14/h5-8,11H,4,9-10H2,1-3H3,(H,20,23)(H2,18,19,21,22). The van der Waals surface area contributed by atoms with Gasteiger partial charge in [-0.1, -0.05) is 17.7 Å². The molecule has 3 N–H and O–H groups in total. The average molecular weight is 313 g/mol. The van der Waals surface area contributed by atoms with Crippen LogP contribution in [-0.2, 0) is 0 Å². The van der Waals surface area contributed by atoms with Crippen LogP contribution in [0.15, 0.2) is 30.3 Å². The van der Waals surface area contributed by atoms with E-state index in [4.69, 9.17) is 0 Å². The van der Waals surface area contributed by atoms with Crippen LogP contribution in [-0.4, -0.2) is 35.5 Å². The fourth-order valence-corrected chi connectivity index (χ4v) is 2.07. The summed E-state index contributed by atoms with van der Waals surface area (Å²) in [6.45, 7) is 7.81. The first kappa shape index (κ1) is 16.7. The summed E-state index contributed by atoms with van der Waals surface area (Å²) in [6.07, 6.45) is 0. The molecular weight excluding hydrogens is 290 g/mol. The monoisotopic (exact) mass is 313 g/mol. The number of amides is 1. The molecule has 0 saturated carbocycles. The number of hydrogen-bond acceptors (Lipinski definition) is 5. The Balaban J connectivity index is 1.81. The number of anilines is 2. The predicted octanol–water partition coefficient (Wildman–Crippen LogP) is 2.37. The molecule has 1 amide bonds. The first-order valence-electron chi connectivity index (χ1n) is 7.77. The van der Waals surface area contributed by atoms with E-state index in [2.05, 4.69) is 25.9 Å². The summed E-state index contributed by atoms with van der Waals surface area (Å²) < 4.78 is 0. The maximum Gasteiger partial charge on any atom is 0.251 e. The number of carbonyl (C=O) groups excluding carboxylic acids is 1. The van der Waals surface area contributed by atoms with Crippen molar-refractivity contribution < 1.29 is 4.79 Å². The number of rotatable bonds is 7. The van der Waals surface area contributed by atoms with Crippen LogP contribution in [0, 0.1) is 13.8 Å². The Morgan fingerprint density at radius 3 is 2.48 bits per heavy atom. The number of nitrogens with one attached hydrogen (secondary N) is 3. The molecule has 1 aromatic carbocycles. The molecule has 0 aliphatic rings. The molecule has 1 heterocycles. The Morgan fingerprint density at radius 1 is 1.04 bits per heavy atom. The molecule has 0 unspecified atom stereocenters. The lowest BCUT2D eigenvalue weighted by molar-refractivity contribution is 0.0955. The van der Waals surface area contributed by atoms with E-state index in [9.17, 15) is 4.79 Å². The SMILES string of the molecule is CCNc1nc(C)cc(NCCNC(=O)c2ccc(C)cc2)n1. The fraction of sp³-hybridized carbons (Fsp3) is 0.353. The highest BCUT2D eigenvalue weighted by Crippen LogP contribution is 2.09. The van der Waals surface area contributed by atoms with E-state index in [0.717, 1.165) is 23.6 Å². The van der Waals surface area contributed by atoms with Crippen molar-refractivity contribution >= 4 is 17.7 Å². The molecule has 2 aromatic rings. The molecule has 2 rings (SSSR count). The molecule has 0 bridgehead atoms. The summed E-state index contributed by atoms with van der Waals surface area (Å²) >= 11 is 0. The predicted molar refractivity (Wildman–Crippen MR) is 92.9 cm³/mol. The zero-order valence-electron chi connectivity index (χ0n) is 13.8. The second kappa shape index (κ2) is 8.12. The third kappa shape index (κ3) is 5.25. The second-order valence-electron chi connectivity index (χ2n) is 5.30. The van der Waals surface area contributed by atoms with Crippen LogP contribution in [0.3, 0.4) is 0 Å². The van der Waals surface area contributed by atoms with Crippen LogP contribution in [0.1, 0.15) is 28.5 Å². The Morgan fingerprint density at radius 2 is 1.78 bits per heavy atom. The zero-order chi connectivity index (χ0) is 16.7. The lowest BCUT2D eigenvalue weighted by Gasteiger charge is -2.10. The largest absolute Gasteiger partial charge is 0.368 e. The summed E-state index contributed by atoms with van der Waals surface area (Å²) in [7, 11) is 0. The van der Waals surface area contributed by atoms with Gasteiger partial charge in [-0.15, -0.1) is 0 Å². The van der Waals surface area contributed by atoms with Crippen molar-refractivity contribution in [1.82, 2.24) is 15.3 Å². The third-order valence-electron chi connectivity index (χ3n) is 3.22. The smallest absolute Gasteiger partial charge is 0.251 e. The Labute approximate surface area is 136 Å². The summed E-state index contributed by atoms with van der Waals surface area (Å²) in [5.41, 5.74) is 2.70. The van der Waals surface area contributed by atoms with E-state index in [1.807, 2.05) is 51.1 Å². The van der Waals surface area contributed by atoms with Crippen molar-refractivity contribution in [3.8, 4) is 0 Å².